The van der Waals surface area contributed by atoms with E-state index in [4.69, 9.17) is 0 Å². The molecular formula is C28H26N2O4. The van der Waals surface area contributed by atoms with E-state index in [1.54, 1.807) is 47.3 Å². The smallest absolute Gasteiger partial charge is 0.263 e. The SMILES string of the molecule is CC(C)n1c(=O)c(C(=O)/C=C/c2ccncc2)c(-c2ccccc2)c2cc(CO)c(CO)cc21. The van der Waals surface area contributed by atoms with Crippen LogP contribution in [0, 0.1) is 0 Å². The molecule has 0 bridgehead atoms. The number of aliphatic hydroxyl groups excluding tert-OH is 2. The fourth-order valence-corrected chi connectivity index (χ4v) is 4.22. The first-order chi connectivity index (χ1) is 16.5. The average molecular weight is 455 g/mol. The van der Waals surface area contributed by atoms with Crippen molar-refractivity contribution >= 4 is 22.8 Å². The Bertz CT molecular complexity index is 1420. The van der Waals surface area contributed by atoms with Crippen LogP contribution in [0.3, 0.4) is 0 Å². The molecule has 6 heteroatoms. The molecule has 0 aliphatic carbocycles. The lowest BCUT2D eigenvalue weighted by molar-refractivity contribution is 0.104. The lowest BCUT2D eigenvalue weighted by Gasteiger charge is -2.21. The Morgan fingerprint density at radius 3 is 2.26 bits per heavy atom. The van der Waals surface area contributed by atoms with Crippen LogP contribution in [0.5, 0.6) is 0 Å². The molecule has 0 aliphatic heterocycles. The van der Waals surface area contributed by atoms with Gasteiger partial charge in [0.15, 0.2) is 5.78 Å². The number of hydrogen-bond acceptors (Lipinski definition) is 5. The largest absolute Gasteiger partial charge is 0.392 e. The van der Waals surface area contributed by atoms with Crippen molar-refractivity contribution in [1.82, 2.24) is 9.55 Å². The minimum Gasteiger partial charge on any atom is -0.392 e. The van der Waals surface area contributed by atoms with Crippen molar-refractivity contribution in [3.63, 3.8) is 0 Å². The summed E-state index contributed by atoms with van der Waals surface area (Å²) in [4.78, 5) is 31.3. The van der Waals surface area contributed by atoms with Gasteiger partial charge in [-0.3, -0.25) is 14.6 Å². The Labute approximate surface area is 197 Å². The lowest BCUT2D eigenvalue weighted by atomic mass is 9.91. The number of aromatic nitrogens is 2. The molecule has 0 atom stereocenters. The molecule has 0 spiro atoms. The fourth-order valence-electron chi connectivity index (χ4n) is 4.22. The Balaban J connectivity index is 2.10. The first-order valence-corrected chi connectivity index (χ1v) is 11.1. The summed E-state index contributed by atoms with van der Waals surface area (Å²) >= 11 is 0. The van der Waals surface area contributed by atoms with Gasteiger partial charge in [0, 0.05) is 29.4 Å². The van der Waals surface area contributed by atoms with E-state index in [1.807, 2.05) is 44.2 Å². The molecule has 0 fully saturated rings. The normalized spacial score (nSPS) is 11.6. The molecule has 34 heavy (non-hydrogen) atoms. The van der Waals surface area contributed by atoms with Crippen molar-refractivity contribution in [2.45, 2.75) is 33.1 Å². The molecular weight excluding hydrogens is 428 g/mol. The van der Waals surface area contributed by atoms with Crippen molar-refractivity contribution in [3.05, 3.63) is 106 Å². The molecule has 2 aromatic heterocycles. The summed E-state index contributed by atoms with van der Waals surface area (Å²) in [6.45, 7) is 3.21. The van der Waals surface area contributed by atoms with E-state index in [9.17, 15) is 19.8 Å². The summed E-state index contributed by atoms with van der Waals surface area (Å²) in [6, 6.07) is 16.1. The van der Waals surface area contributed by atoms with Crippen LogP contribution in [0.1, 0.15) is 46.9 Å². The summed E-state index contributed by atoms with van der Waals surface area (Å²) in [6.07, 6.45) is 6.34. The van der Waals surface area contributed by atoms with Gasteiger partial charge in [-0.1, -0.05) is 36.4 Å². The molecule has 0 aliphatic rings. The van der Waals surface area contributed by atoms with E-state index in [-0.39, 0.29) is 24.8 Å². The van der Waals surface area contributed by atoms with E-state index in [1.165, 1.54) is 6.08 Å². The van der Waals surface area contributed by atoms with Gasteiger partial charge in [-0.25, -0.2) is 0 Å². The van der Waals surface area contributed by atoms with Crippen LogP contribution in [0.15, 0.2) is 77.9 Å². The topological polar surface area (TPSA) is 92.4 Å². The monoisotopic (exact) mass is 454 g/mol. The molecule has 0 saturated heterocycles. The van der Waals surface area contributed by atoms with Crippen LogP contribution in [-0.4, -0.2) is 25.5 Å². The predicted octanol–water partition coefficient (Wildman–Crippen LogP) is 4.53. The zero-order valence-corrected chi connectivity index (χ0v) is 19.1. The van der Waals surface area contributed by atoms with Crippen molar-refractivity contribution in [2.75, 3.05) is 0 Å². The van der Waals surface area contributed by atoms with Gasteiger partial charge in [-0.15, -0.1) is 0 Å². The van der Waals surface area contributed by atoms with E-state index in [0.717, 1.165) is 11.1 Å². The second kappa shape index (κ2) is 9.95. The van der Waals surface area contributed by atoms with Crippen LogP contribution in [0.25, 0.3) is 28.1 Å². The summed E-state index contributed by atoms with van der Waals surface area (Å²) < 4.78 is 1.58. The maximum atomic E-state index is 13.8. The molecule has 0 radical (unpaired) electrons. The Morgan fingerprint density at radius 2 is 1.65 bits per heavy atom. The highest BCUT2D eigenvalue weighted by Gasteiger charge is 2.24. The van der Waals surface area contributed by atoms with Gasteiger partial charge >= 0.3 is 0 Å². The van der Waals surface area contributed by atoms with Gasteiger partial charge in [0.2, 0.25) is 0 Å². The second-order valence-electron chi connectivity index (χ2n) is 8.32. The van der Waals surface area contributed by atoms with Crippen LogP contribution in [0.2, 0.25) is 0 Å². The third-order valence-corrected chi connectivity index (χ3v) is 5.83. The van der Waals surface area contributed by atoms with Crippen molar-refractivity contribution in [2.24, 2.45) is 0 Å². The average Bonchev–Trinajstić information content (AvgIpc) is 2.86. The first kappa shape index (κ1) is 23.3. The van der Waals surface area contributed by atoms with E-state index >= 15 is 0 Å². The molecule has 0 amide bonds. The number of aliphatic hydroxyl groups is 2. The molecule has 2 aromatic carbocycles. The number of carbonyl (C=O) groups is 1. The molecule has 6 nitrogen and oxygen atoms in total. The summed E-state index contributed by atoms with van der Waals surface area (Å²) in [5.41, 5.74) is 3.40. The van der Waals surface area contributed by atoms with E-state index < -0.39 is 11.3 Å². The highest BCUT2D eigenvalue weighted by atomic mass is 16.3. The number of rotatable bonds is 7. The molecule has 0 unspecified atom stereocenters. The van der Waals surface area contributed by atoms with Gasteiger partial charge in [0.05, 0.1) is 24.3 Å². The second-order valence-corrected chi connectivity index (χ2v) is 8.32. The van der Waals surface area contributed by atoms with E-state index in [2.05, 4.69) is 4.98 Å². The van der Waals surface area contributed by atoms with E-state index in [0.29, 0.717) is 27.6 Å². The maximum Gasteiger partial charge on any atom is 0.263 e. The Hall–Kier alpha value is -3.87. The molecule has 2 N–H and O–H groups in total. The van der Waals surface area contributed by atoms with Gasteiger partial charge in [0.25, 0.3) is 5.56 Å². The quantitative estimate of drug-likeness (QED) is 0.316. The number of allylic oxidation sites excluding steroid dienone is 1. The van der Waals surface area contributed by atoms with Crippen LogP contribution >= 0.6 is 0 Å². The number of benzene rings is 2. The van der Waals surface area contributed by atoms with Gasteiger partial charge in [-0.05, 0) is 66.4 Å². The molecule has 0 saturated carbocycles. The highest BCUT2D eigenvalue weighted by Crippen LogP contribution is 2.34. The number of ketones is 1. The lowest BCUT2D eigenvalue weighted by Crippen LogP contribution is -2.29. The summed E-state index contributed by atoms with van der Waals surface area (Å²) in [5, 5.41) is 20.4. The molecule has 172 valence electrons. The highest BCUT2D eigenvalue weighted by molar-refractivity contribution is 6.15. The third kappa shape index (κ3) is 4.33. The molecule has 4 aromatic rings. The minimum absolute atomic E-state index is 0.0679. The Kier molecular flexibility index (Phi) is 6.82. The third-order valence-electron chi connectivity index (χ3n) is 5.83. The summed E-state index contributed by atoms with van der Waals surface area (Å²) in [7, 11) is 0. The molecule has 2 heterocycles. The first-order valence-electron chi connectivity index (χ1n) is 11.1. The van der Waals surface area contributed by atoms with Crippen LogP contribution in [-0.2, 0) is 13.2 Å². The zero-order valence-electron chi connectivity index (χ0n) is 19.1. The molecule has 4 rings (SSSR count). The number of nitrogens with zero attached hydrogens (tertiary/aromatic N) is 2. The van der Waals surface area contributed by atoms with Crippen molar-refractivity contribution < 1.29 is 15.0 Å². The number of carbonyl (C=O) groups excluding carboxylic acids is 1. The van der Waals surface area contributed by atoms with Crippen LogP contribution < -0.4 is 5.56 Å². The number of pyridine rings is 2. The van der Waals surface area contributed by atoms with Gasteiger partial charge in [0.1, 0.15) is 0 Å². The number of fused-ring (bicyclic) bond motifs is 1. The number of hydrogen-bond donors (Lipinski definition) is 2. The van der Waals surface area contributed by atoms with Crippen molar-refractivity contribution in [1.29, 1.82) is 0 Å². The van der Waals surface area contributed by atoms with Crippen molar-refractivity contribution in [3.8, 4) is 11.1 Å². The fraction of sp³-hybridized carbons (Fsp3) is 0.179. The van der Waals surface area contributed by atoms with Gasteiger partial charge in [-0.2, -0.15) is 0 Å². The predicted molar refractivity (Wildman–Crippen MR) is 133 cm³/mol. The standard InChI is InChI=1S/C28H26N2O4/c1-18(2)30-24-15-22(17-32)21(16-31)14-23(24)26(20-6-4-3-5-7-20)27(28(30)34)25(33)9-8-19-10-12-29-13-11-19/h3-15,18,31-32H,16-17H2,1-2H3/b9-8+. The minimum atomic E-state index is -0.409. The Morgan fingerprint density at radius 1 is 1.00 bits per heavy atom. The maximum absolute atomic E-state index is 13.8. The van der Waals surface area contributed by atoms with Crippen LogP contribution in [0.4, 0.5) is 0 Å². The van der Waals surface area contributed by atoms with Gasteiger partial charge < -0.3 is 14.8 Å². The summed E-state index contributed by atoms with van der Waals surface area (Å²) in [5.74, 6) is -0.409. The zero-order chi connectivity index (χ0) is 24.2.